The van der Waals surface area contributed by atoms with E-state index >= 15 is 0 Å². The van der Waals surface area contributed by atoms with E-state index in [4.69, 9.17) is 9.47 Å². The predicted octanol–water partition coefficient (Wildman–Crippen LogP) is 4.73. The first kappa shape index (κ1) is 42.7. The SMILES string of the molecule is C.C.C.C.C.C.CCOCCCC(=O)OCCOC(C)=O. The predicted molar refractivity (Wildman–Crippen MR) is 93.7 cm³/mol. The second-order valence-electron chi connectivity index (χ2n) is 2.86. The van der Waals surface area contributed by atoms with Gasteiger partial charge >= 0.3 is 11.9 Å². The molecule has 0 amide bonds. The molecule has 0 aromatic rings. The lowest BCUT2D eigenvalue weighted by Gasteiger charge is -2.04. The normalized spacial score (nSPS) is 6.95. The Bertz CT molecular complexity index is 193. The lowest BCUT2D eigenvalue weighted by Crippen LogP contribution is -2.12. The van der Waals surface area contributed by atoms with Crippen LogP contribution in [0.3, 0.4) is 0 Å². The van der Waals surface area contributed by atoms with Crippen LogP contribution < -0.4 is 0 Å². The Morgan fingerprint density at radius 1 is 0.810 bits per heavy atom. The maximum atomic E-state index is 11.0. The Balaban J connectivity index is -0.0000000653. The molecule has 21 heavy (non-hydrogen) atoms. The highest BCUT2D eigenvalue weighted by atomic mass is 16.6. The van der Waals surface area contributed by atoms with Crippen LogP contribution in [0.5, 0.6) is 0 Å². The minimum absolute atomic E-state index is 0. The molecule has 0 rings (SSSR count). The van der Waals surface area contributed by atoms with Crippen molar-refractivity contribution in [1.29, 1.82) is 0 Å². The van der Waals surface area contributed by atoms with Crippen molar-refractivity contribution in [1.82, 2.24) is 0 Å². The molecule has 5 nitrogen and oxygen atoms in total. The number of carbonyl (C=O) groups is 2. The molecule has 0 saturated carbocycles. The van der Waals surface area contributed by atoms with E-state index in [2.05, 4.69) is 4.74 Å². The van der Waals surface area contributed by atoms with Crippen molar-refractivity contribution < 1.29 is 23.8 Å². The van der Waals surface area contributed by atoms with Crippen LogP contribution in [0.1, 0.15) is 71.2 Å². The van der Waals surface area contributed by atoms with Gasteiger partial charge in [-0.15, -0.1) is 0 Å². The summed E-state index contributed by atoms with van der Waals surface area (Å²) in [5.74, 6) is -0.663. The van der Waals surface area contributed by atoms with E-state index in [1.807, 2.05) is 6.92 Å². The van der Waals surface area contributed by atoms with Crippen LogP contribution >= 0.6 is 0 Å². The second-order valence-corrected chi connectivity index (χ2v) is 2.86. The number of rotatable bonds is 8. The van der Waals surface area contributed by atoms with Gasteiger partial charge in [-0.2, -0.15) is 0 Å². The van der Waals surface area contributed by atoms with Crippen molar-refractivity contribution in [2.24, 2.45) is 0 Å². The molecule has 0 aliphatic carbocycles. The van der Waals surface area contributed by atoms with Gasteiger partial charge in [-0.05, 0) is 13.3 Å². The van der Waals surface area contributed by atoms with Crippen LogP contribution in [-0.4, -0.2) is 38.4 Å². The zero-order chi connectivity index (χ0) is 11.5. The van der Waals surface area contributed by atoms with E-state index in [0.717, 1.165) is 0 Å². The van der Waals surface area contributed by atoms with Crippen molar-refractivity contribution in [3.05, 3.63) is 0 Å². The summed E-state index contributed by atoms with van der Waals surface area (Å²) in [5, 5.41) is 0. The molecule has 0 bridgehead atoms. The maximum Gasteiger partial charge on any atom is 0.305 e. The van der Waals surface area contributed by atoms with Crippen molar-refractivity contribution in [2.45, 2.75) is 71.2 Å². The first-order valence-corrected chi connectivity index (χ1v) is 5.03. The van der Waals surface area contributed by atoms with Crippen molar-refractivity contribution >= 4 is 11.9 Å². The summed E-state index contributed by atoms with van der Waals surface area (Å²) >= 11 is 0. The van der Waals surface area contributed by atoms with E-state index in [1.54, 1.807) is 0 Å². The van der Waals surface area contributed by atoms with Gasteiger partial charge in [0.05, 0.1) is 0 Å². The highest BCUT2D eigenvalue weighted by molar-refractivity contribution is 5.69. The van der Waals surface area contributed by atoms with E-state index in [9.17, 15) is 9.59 Å². The van der Waals surface area contributed by atoms with Gasteiger partial charge in [0.15, 0.2) is 0 Å². The maximum absolute atomic E-state index is 11.0. The van der Waals surface area contributed by atoms with E-state index in [1.165, 1.54) is 6.92 Å². The Labute approximate surface area is 134 Å². The topological polar surface area (TPSA) is 61.8 Å². The van der Waals surface area contributed by atoms with Crippen molar-refractivity contribution in [3.8, 4) is 0 Å². The average Bonchev–Trinajstić information content (AvgIpc) is 2.19. The van der Waals surface area contributed by atoms with Gasteiger partial charge in [0.1, 0.15) is 13.2 Å². The molecular weight excluding hydrogens is 272 g/mol. The van der Waals surface area contributed by atoms with Crippen LogP contribution in [-0.2, 0) is 23.8 Å². The fourth-order valence-electron chi connectivity index (χ4n) is 0.876. The highest BCUT2D eigenvalue weighted by Gasteiger charge is 2.02. The number of hydrogen-bond donors (Lipinski definition) is 0. The average molecular weight is 315 g/mol. The van der Waals surface area contributed by atoms with Crippen molar-refractivity contribution in [2.75, 3.05) is 26.4 Å². The summed E-state index contributed by atoms with van der Waals surface area (Å²) in [4.78, 5) is 21.4. The minimum atomic E-state index is -0.373. The van der Waals surface area contributed by atoms with E-state index in [0.29, 0.717) is 26.1 Å². The van der Waals surface area contributed by atoms with E-state index in [-0.39, 0.29) is 69.7 Å². The first-order chi connectivity index (χ1) is 7.16. The summed E-state index contributed by atoms with van der Waals surface area (Å²) in [5.41, 5.74) is 0. The third kappa shape index (κ3) is 38.1. The van der Waals surface area contributed by atoms with Gasteiger partial charge in [0.25, 0.3) is 0 Å². The first-order valence-electron chi connectivity index (χ1n) is 5.03. The Hall–Kier alpha value is -1.10. The zero-order valence-electron chi connectivity index (χ0n) is 9.28. The molecule has 5 heteroatoms. The molecule has 0 aliphatic heterocycles. The summed E-state index contributed by atoms with van der Waals surface area (Å²) in [6.07, 6.45) is 0.986. The van der Waals surface area contributed by atoms with E-state index < -0.39 is 0 Å². The minimum Gasteiger partial charge on any atom is -0.462 e. The Morgan fingerprint density at radius 3 is 1.71 bits per heavy atom. The molecule has 0 aliphatic rings. The summed E-state index contributed by atoms with van der Waals surface area (Å²) in [6, 6.07) is 0. The third-order valence-corrected chi connectivity index (χ3v) is 1.53. The molecule has 0 saturated heterocycles. The molecular formula is C16H42O5. The Morgan fingerprint density at radius 2 is 1.29 bits per heavy atom. The largest absolute Gasteiger partial charge is 0.462 e. The highest BCUT2D eigenvalue weighted by Crippen LogP contribution is 1.94. The van der Waals surface area contributed by atoms with Crippen molar-refractivity contribution in [3.63, 3.8) is 0 Å². The van der Waals surface area contributed by atoms with Crippen LogP contribution in [0.15, 0.2) is 0 Å². The molecule has 0 aromatic carbocycles. The fourth-order valence-corrected chi connectivity index (χ4v) is 0.876. The molecule has 0 heterocycles. The fraction of sp³-hybridized carbons (Fsp3) is 0.875. The molecule has 0 spiro atoms. The number of ether oxygens (including phenoxy) is 3. The van der Waals surface area contributed by atoms with Crippen LogP contribution in [0.2, 0.25) is 0 Å². The van der Waals surface area contributed by atoms with Gasteiger partial charge in [-0.3, -0.25) is 9.59 Å². The van der Waals surface area contributed by atoms with Gasteiger partial charge < -0.3 is 14.2 Å². The summed E-state index contributed by atoms with van der Waals surface area (Å²) < 4.78 is 14.5. The number of esters is 2. The van der Waals surface area contributed by atoms with Gasteiger partial charge in [0.2, 0.25) is 0 Å². The molecule has 0 aromatic heterocycles. The number of carbonyl (C=O) groups excluding carboxylic acids is 2. The standard InChI is InChI=1S/C10H18O5.6CH4/c1-3-13-6-4-5-10(12)15-8-7-14-9(2)11;;;;;;/h3-8H2,1-2H3;6*1H4. The van der Waals surface area contributed by atoms with Crippen LogP contribution in [0.25, 0.3) is 0 Å². The lowest BCUT2D eigenvalue weighted by atomic mass is 10.3. The molecule has 0 radical (unpaired) electrons. The number of hydrogen-bond acceptors (Lipinski definition) is 5. The third-order valence-electron chi connectivity index (χ3n) is 1.53. The van der Waals surface area contributed by atoms with Gasteiger partial charge in [-0.25, -0.2) is 0 Å². The van der Waals surface area contributed by atoms with Crippen LogP contribution in [0.4, 0.5) is 0 Å². The Kier molecular flexibility index (Phi) is 63.8. The zero-order valence-corrected chi connectivity index (χ0v) is 9.28. The molecule has 0 N–H and O–H groups in total. The van der Waals surface area contributed by atoms with Gasteiger partial charge in [-0.1, -0.05) is 44.6 Å². The summed E-state index contributed by atoms with van der Waals surface area (Å²) in [7, 11) is 0. The monoisotopic (exact) mass is 314 g/mol. The molecule has 0 unspecified atom stereocenters. The van der Waals surface area contributed by atoms with Gasteiger partial charge in [0, 0.05) is 26.6 Å². The quantitative estimate of drug-likeness (QED) is 0.479. The smallest absolute Gasteiger partial charge is 0.305 e. The molecule has 136 valence electrons. The van der Waals surface area contributed by atoms with Crippen LogP contribution in [0, 0.1) is 0 Å². The summed E-state index contributed by atoms with van der Waals surface area (Å²) in [6.45, 7) is 4.66. The lowest BCUT2D eigenvalue weighted by molar-refractivity contribution is -0.151. The second kappa shape index (κ2) is 31.3. The molecule has 0 atom stereocenters. The molecule has 0 fully saturated rings.